The Kier molecular flexibility index (Phi) is 6.03. The first kappa shape index (κ1) is 24.1. The first-order chi connectivity index (χ1) is 16.6. The number of benzene rings is 3. The molecule has 3 aromatic rings. The van der Waals surface area contributed by atoms with Crippen LogP contribution in [-0.2, 0) is 19.0 Å². The van der Waals surface area contributed by atoms with Gasteiger partial charge in [0.2, 0.25) is 0 Å². The predicted molar refractivity (Wildman–Crippen MR) is 130 cm³/mol. The van der Waals surface area contributed by atoms with Crippen LogP contribution in [0.2, 0.25) is 0 Å². The fraction of sp³-hybridized carbons (Fsp3) is 0.400. The number of aliphatic hydroxyl groups excluding tert-OH is 1. The second-order valence-electron chi connectivity index (χ2n) is 10.7. The van der Waals surface area contributed by atoms with Crippen LogP contribution < -0.4 is 0 Å². The van der Waals surface area contributed by atoms with E-state index in [1.807, 2.05) is 0 Å². The van der Waals surface area contributed by atoms with Crippen LogP contribution in [0, 0.1) is 11.2 Å². The average molecular weight is 483 g/mol. The maximum absolute atomic E-state index is 13.8. The van der Waals surface area contributed by atoms with Crippen LogP contribution >= 0.6 is 0 Å². The van der Waals surface area contributed by atoms with Gasteiger partial charge in [-0.2, -0.15) is 13.2 Å². The van der Waals surface area contributed by atoms with Gasteiger partial charge in [-0.3, -0.25) is 0 Å². The number of aliphatic hydroxyl groups is 1. The van der Waals surface area contributed by atoms with Gasteiger partial charge in [0.25, 0.3) is 0 Å². The topological polar surface area (TPSA) is 20.2 Å². The molecule has 1 N–H and O–H groups in total. The molecule has 1 saturated carbocycles. The molecule has 1 atom stereocenters. The minimum atomic E-state index is -4.38. The molecule has 0 radical (unpaired) electrons. The Morgan fingerprint density at radius 3 is 2.20 bits per heavy atom. The lowest BCUT2D eigenvalue weighted by Gasteiger charge is -2.48. The second kappa shape index (κ2) is 8.77. The molecule has 1 nitrogen and oxygen atoms in total. The van der Waals surface area contributed by atoms with E-state index in [0.29, 0.717) is 6.42 Å². The molecule has 3 aromatic carbocycles. The first-order valence-corrected chi connectivity index (χ1v) is 12.3. The summed E-state index contributed by atoms with van der Waals surface area (Å²) in [4.78, 5) is 0. The Balaban J connectivity index is 1.69. The molecule has 0 bridgehead atoms. The molecule has 2 aliphatic carbocycles. The highest BCUT2D eigenvalue weighted by Crippen LogP contribution is 2.56. The van der Waals surface area contributed by atoms with Crippen molar-refractivity contribution in [3.8, 4) is 11.1 Å². The summed E-state index contributed by atoms with van der Waals surface area (Å²) in [5.74, 6) is -0.152. The van der Waals surface area contributed by atoms with E-state index in [9.17, 15) is 22.7 Å². The monoisotopic (exact) mass is 482 g/mol. The van der Waals surface area contributed by atoms with E-state index >= 15 is 0 Å². The molecule has 2 aliphatic rings. The minimum absolute atomic E-state index is 0.162. The molecule has 5 rings (SSSR count). The Bertz CT molecular complexity index is 1220. The van der Waals surface area contributed by atoms with E-state index < -0.39 is 17.8 Å². The Labute approximate surface area is 203 Å². The highest BCUT2D eigenvalue weighted by molar-refractivity contribution is 5.76. The van der Waals surface area contributed by atoms with Crippen LogP contribution in [-0.4, -0.2) is 5.11 Å². The largest absolute Gasteiger partial charge is 0.416 e. The van der Waals surface area contributed by atoms with Crippen molar-refractivity contribution >= 4 is 0 Å². The Morgan fingerprint density at radius 2 is 1.66 bits per heavy atom. The molecule has 0 heterocycles. The molecular formula is C30H30F4O. The molecular weight excluding hydrogens is 452 g/mol. The van der Waals surface area contributed by atoms with Crippen LogP contribution in [0.15, 0.2) is 54.6 Å². The molecule has 35 heavy (non-hydrogen) atoms. The standard InChI is InChI=1S/C30H30F4O/c1-18(2)24-15-21-16-29(12-3-13-29)17-26(35)28(21)27(20-6-10-23(31)11-7-20)25(24)14-19-4-8-22(9-5-19)30(32,33)34/h4-11,15,18,26,35H,3,12-14,16-17H2,1-2H3. The van der Waals surface area contributed by atoms with Crippen molar-refractivity contribution in [1.82, 2.24) is 0 Å². The quantitative estimate of drug-likeness (QED) is 0.370. The smallest absolute Gasteiger partial charge is 0.388 e. The molecule has 0 aliphatic heterocycles. The van der Waals surface area contributed by atoms with E-state index in [1.54, 1.807) is 12.1 Å². The van der Waals surface area contributed by atoms with Gasteiger partial charge < -0.3 is 5.11 Å². The number of halogens is 4. The van der Waals surface area contributed by atoms with Gasteiger partial charge in [-0.15, -0.1) is 0 Å². The predicted octanol–water partition coefficient (Wildman–Crippen LogP) is 8.38. The summed E-state index contributed by atoms with van der Waals surface area (Å²) in [5, 5.41) is 11.4. The normalized spacial score (nSPS) is 19.0. The van der Waals surface area contributed by atoms with Crippen molar-refractivity contribution in [3.63, 3.8) is 0 Å². The summed E-state index contributed by atoms with van der Waals surface area (Å²) >= 11 is 0. The lowest BCUT2D eigenvalue weighted by atomic mass is 9.58. The SMILES string of the molecule is CC(C)c1cc2c(c(-c3ccc(F)cc3)c1Cc1ccc(C(F)(F)F)cc1)C(O)CC1(CCC1)C2. The zero-order valence-corrected chi connectivity index (χ0v) is 20.1. The van der Waals surface area contributed by atoms with Gasteiger partial charge in [-0.25, -0.2) is 4.39 Å². The zero-order chi connectivity index (χ0) is 25.0. The zero-order valence-electron chi connectivity index (χ0n) is 20.1. The van der Waals surface area contributed by atoms with Crippen LogP contribution in [0.4, 0.5) is 17.6 Å². The number of fused-ring (bicyclic) bond motifs is 1. The Hall–Kier alpha value is -2.66. The maximum atomic E-state index is 13.8. The van der Waals surface area contributed by atoms with Crippen molar-refractivity contribution < 1.29 is 22.7 Å². The Morgan fingerprint density at radius 1 is 1.00 bits per heavy atom. The minimum Gasteiger partial charge on any atom is -0.388 e. The first-order valence-electron chi connectivity index (χ1n) is 12.3. The molecule has 0 amide bonds. The van der Waals surface area contributed by atoms with Crippen molar-refractivity contribution in [3.05, 3.63) is 93.8 Å². The number of alkyl halides is 3. The number of rotatable bonds is 4. The van der Waals surface area contributed by atoms with Gasteiger partial charge in [-0.05, 0) is 107 Å². The summed E-state index contributed by atoms with van der Waals surface area (Å²) in [6, 6.07) is 13.8. The molecule has 0 aromatic heterocycles. The van der Waals surface area contributed by atoms with Crippen LogP contribution in [0.3, 0.4) is 0 Å². The van der Waals surface area contributed by atoms with Crippen molar-refractivity contribution in [2.45, 2.75) is 70.6 Å². The number of hydrogen-bond donors (Lipinski definition) is 1. The van der Waals surface area contributed by atoms with Crippen molar-refractivity contribution in [2.75, 3.05) is 0 Å². The van der Waals surface area contributed by atoms with Gasteiger partial charge in [-0.1, -0.05) is 50.6 Å². The summed E-state index contributed by atoms with van der Waals surface area (Å²) in [6.07, 6.45) is 0.516. The van der Waals surface area contributed by atoms with Crippen LogP contribution in [0.1, 0.15) is 84.9 Å². The summed E-state index contributed by atoms with van der Waals surface area (Å²) < 4.78 is 53.1. The van der Waals surface area contributed by atoms with Crippen LogP contribution in [0.5, 0.6) is 0 Å². The van der Waals surface area contributed by atoms with Gasteiger partial charge in [0.05, 0.1) is 11.7 Å². The molecule has 5 heteroatoms. The van der Waals surface area contributed by atoms with Gasteiger partial charge in [0, 0.05) is 0 Å². The average Bonchev–Trinajstić information content (AvgIpc) is 2.78. The molecule has 1 unspecified atom stereocenters. The van der Waals surface area contributed by atoms with Crippen LogP contribution in [0.25, 0.3) is 11.1 Å². The molecule has 184 valence electrons. The molecule has 1 spiro atoms. The van der Waals surface area contributed by atoms with E-state index in [4.69, 9.17) is 0 Å². The third-order valence-electron chi connectivity index (χ3n) is 7.95. The second-order valence-corrected chi connectivity index (χ2v) is 10.7. The lowest BCUT2D eigenvalue weighted by molar-refractivity contribution is -0.137. The highest BCUT2D eigenvalue weighted by atomic mass is 19.4. The van der Waals surface area contributed by atoms with Gasteiger partial charge in [0.1, 0.15) is 5.82 Å². The van der Waals surface area contributed by atoms with E-state index in [0.717, 1.165) is 76.8 Å². The van der Waals surface area contributed by atoms with Gasteiger partial charge >= 0.3 is 6.18 Å². The highest BCUT2D eigenvalue weighted by Gasteiger charge is 2.44. The summed E-state index contributed by atoms with van der Waals surface area (Å²) in [6.45, 7) is 4.23. The summed E-state index contributed by atoms with van der Waals surface area (Å²) in [5.41, 5.74) is 6.18. The fourth-order valence-electron chi connectivity index (χ4n) is 6.06. The summed E-state index contributed by atoms with van der Waals surface area (Å²) in [7, 11) is 0. The third-order valence-corrected chi connectivity index (χ3v) is 7.95. The van der Waals surface area contributed by atoms with Crippen molar-refractivity contribution in [2.24, 2.45) is 5.41 Å². The van der Waals surface area contributed by atoms with E-state index in [-0.39, 0.29) is 17.2 Å². The van der Waals surface area contributed by atoms with Crippen molar-refractivity contribution in [1.29, 1.82) is 0 Å². The lowest BCUT2D eigenvalue weighted by Crippen LogP contribution is -2.37. The van der Waals surface area contributed by atoms with E-state index in [2.05, 4.69) is 19.9 Å². The third kappa shape index (κ3) is 4.51. The van der Waals surface area contributed by atoms with E-state index in [1.165, 1.54) is 30.7 Å². The number of hydrogen-bond acceptors (Lipinski definition) is 1. The molecule has 0 saturated heterocycles. The molecule has 1 fully saturated rings. The maximum Gasteiger partial charge on any atom is 0.416 e. The van der Waals surface area contributed by atoms with Gasteiger partial charge in [0.15, 0.2) is 0 Å². The fourth-order valence-corrected chi connectivity index (χ4v) is 6.06.